The molecule has 118 valence electrons. The summed E-state index contributed by atoms with van der Waals surface area (Å²) in [5.74, 6) is -0.275. The molecule has 5 nitrogen and oxygen atoms in total. The molecule has 0 aliphatic rings. The van der Waals surface area contributed by atoms with Gasteiger partial charge in [0, 0.05) is 18.7 Å². The Kier molecular flexibility index (Phi) is 5.49. The van der Waals surface area contributed by atoms with Crippen LogP contribution in [0.1, 0.15) is 16.7 Å². The molecule has 0 aliphatic carbocycles. The van der Waals surface area contributed by atoms with Crippen LogP contribution < -0.4 is 5.32 Å². The molecule has 0 fully saturated rings. The monoisotopic (exact) mass is 330 g/mol. The summed E-state index contributed by atoms with van der Waals surface area (Å²) in [6.45, 7) is 2.42. The van der Waals surface area contributed by atoms with Gasteiger partial charge in [-0.15, -0.1) is 0 Å². The lowest BCUT2D eigenvalue weighted by atomic mass is 10.1. The van der Waals surface area contributed by atoms with Gasteiger partial charge in [0.15, 0.2) is 0 Å². The first-order valence-corrected chi connectivity index (χ1v) is 7.29. The van der Waals surface area contributed by atoms with E-state index in [1.807, 2.05) is 31.2 Å². The van der Waals surface area contributed by atoms with Crippen molar-refractivity contribution in [2.75, 3.05) is 0 Å². The normalized spacial score (nSPS) is 10.7. The number of carbonyl (C=O) groups excluding carboxylic acids is 1. The smallest absolute Gasteiger partial charge is 0.288 e. The molecule has 0 unspecified atom stereocenters. The van der Waals surface area contributed by atoms with E-state index in [0.29, 0.717) is 12.1 Å². The van der Waals surface area contributed by atoms with Crippen LogP contribution in [-0.2, 0) is 11.3 Å². The minimum absolute atomic E-state index is 0.0657. The Morgan fingerprint density at radius 3 is 2.61 bits per heavy atom. The SMILES string of the molecule is Cc1ccc(CNC(=O)/C=C/c2ccc(Cl)c([N+](=O)[O-])c2)cc1. The van der Waals surface area contributed by atoms with Crippen LogP contribution in [0.4, 0.5) is 5.69 Å². The third-order valence-electron chi connectivity index (χ3n) is 3.18. The summed E-state index contributed by atoms with van der Waals surface area (Å²) in [6.07, 6.45) is 2.84. The number of hydrogen-bond donors (Lipinski definition) is 1. The van der Waals surface area contributed by atoms with Gasteiger partial charge in [-0.25, -0.2) is 0 Å². The fourth-order valence-electron chi connectivity index (χ4n) is 1.90. The third-order valence-corrected chi connectivity index (χ3v) is 3.50. The van der Waals surface area contributed by atoms with Crippen molar-refractivity contribution in [2.45, 2.75) is 13.5 Å². The lowest BCUT2D eigenvalue weighted by molar-refractivity contribution is -0.384. The Bertz CT molecular complexity index is 755. The molecule has 0 aliphatic heterocycles. The first kappa shape index (κ1) is 16.7. The van der Waals surface area contributed by atoms with Gasteiger partial charge in [-0.3, -0.25) is 14.9 Å². The molecular formula is C17H15ClN2O3. The van der Waals surface area contributed by atoms with E-state index in [4.69, 9.17) is 11.6 Å². The molecule has 2 aromatic carbocycles. The molecule has 2 rings (SSSR count). The van der Waals surface area contributed by atoms with Gasteiger partial charge in [0.05, 0.1) is 4.92 Å². The zero-order valence-electron chi connectivity index (χ0n) is 12.5. The van der Waals surface area contributed by atoms with Crippen molar-refractivity contribution < 1.29 is 9.72 Å². The average molecular weight is 331 g/mol. The first-order valence-electron chi connectivity index (χ1n) is 6.91. The Morgan fingerprint density at radius 2 is 1.96 bits per heavy atom. The molecule has 1 amide bonds. The number of aryl methyl sites for hydroxylation is 1. The number of halogens is 1. The largest absolute Gasteiger partial charge is 0.348 e. The lowest BCUT2D eigenvalue weighted by Crippen LogP contribution is -2.20. The van der Waals surface area contributed by atoms with Crippen molar-refractivity contribution in [3.63, 3.8) is 0 Å². The second-order valence-corrected chi connectivity index (χ2v) is 5.41. The molecule has 0 saturated heterocycles. The zero-order valence-corrected chi connectivity index (χ0v) is 13.2. The topological polar surface area (TPSA) is 72.2 Å². The summed E-state index contributed by atoms with van der Waals surface area (Å²) in [6, 6.07) is 12.2. The second kappa shape index (κ2) is 7.56. The molecule has 2 aromatic rings. The van der Waals surface area contributed by atoms with Gasteiger partial charge in [0.25, 0.3) is 5.69 Å². The molecule has 23 heavy (non-hydrogen) atoms. The van der Waals surface area contributed by atoms with E-state index in [2.05, 4.69) is 5.32 Å². The van der Waals surface area contributed by atoms with Gasteiger partial charge in [0.1, 0.15) is 5.02 Å². The van der Waals surface area contributed by atoms with Crippen molar-refractivity contribution in [1.29, 1.82) is 0 Å². The van der Waals surface area contributed by atoms with E-state index in [-0.39, 0.29) is 16.6 Å². The fraction of sp³-hybridized carbons (Fsp3) is 0.118. The highest BCUT2D eigenvalue weighted by molar-refractivity contribution is 6.32. The van der Waals surface area contributed by atoms with Crippen molar-refractivity contribution in [1.82, 2.24) is 5.32 Å². The highest BCUT2D eigenvalue weighted by Gasteiger charge is 2.11. The minimum atomic E-state index is -0.558. The molecule has 0 heterocycles. The van der Waals surface area contributed by atoms with Crippen LogP contribution in [0.15, 0.2) is 48.5 Å². The standard InChI is InChI=1S/C17H15ClN2O3/c1-12-2-4-14(5-3-12)11-19-17(21)9-7-13-6-8-15(18)16(10-13)20(22)23/h2-10H,11H2,1H3,(H,19,21)/b9-7+. The van der Waals surface area contributed by atoms with Crippen LogP contribution in [0, 0.1) is 17.0 Å². The summed E-state index contributed by atoms with van der Waals surface area (Å²) >= 11 is 5.74. The van der Waals surface area contributed by atoms with Gasteiger partial charge in [-0.05, 0) is 30.2 Å². The van der Waals surface area contributed by atoms with Crippen molar-refractivity contribution in [3.8, 4) is 0 Å². The predicted octanol–water partition coefficient (Wildman–Crippen LogP) is 3.89. The number of nitro groups is 1. The van der Waals surface area contributed by atoms with Gasteiger partial charge in [-0.1, -0.05) is 47.5 Å². The van der Waals surface area contributed by atoms with Crippen LogP contribution in [-0.4, -0.2) is 10.8 Å². The van der Waals surface area contributed by atoms with Crippen LogP contribution >= 0.6 is 11.6 Å². The summed E-state index contributed by atoms with van der Waals surface area (Å²) in [5, 5.41) is 13.6. The Hall–Kier alpha value is -2.66. The van der Waals surface area contributed by atoms with E-state index < -0.39 is 4.92 Å². The maximum atomic E-state index is 11.8. The summed E-state index contributed by atoms with van der Waals surface area (Å²) < 4.78 is 0. The summed E-state index contributed by atoms with van der Waals surface area (Å²) in [7, 11) is 0. The number of nitrogens with one attached hydrogen (secondary N) is 1. The summed E-state index contributed by atoms with van der Waals surface area (Å²) in [4.78, 5) is 22.0. The van der Waals surface area contributed by atoms with Gasteiger partial charge in [-0.2, -0.15) is 0 Å². The van der Waals surface area contributed by atoms with Crippen molar-refractivity contribution in [3.05, 3.63) is 80.4 Å². The second-order valence-electron chi connectivity index (χ2n) is 5.00. The summed E-state index contributed by atoms with van der Waals surface area (Å²) in [5.41, 5.74) is 2.50. The highest BCUT2D eigenvalue weighted by atomic mass is 35.5. The molecule has 0 radical (unpaired) electrons. The Labute approximate surface area is 138 Å². The highest BCUT2D eigenvalue weighted by Crippen LogP contribution is 2.25. The zero-order chi connectivity index (χ0) is 16.8. The van der Waals surface area contributed by atoms with Crippen LogP contribution in [0.3, 0.4) is 0 Å². The maximum Gasteiger partial charge on any atom is 0.288 e. The van der Waals surface area contributed by atoms with Crippen molar-refractivity contribution in [2.24, 2.45) is 0 Å². The number of nitrogens with zero attached hydrogens (tertiary/aromatic N) is 1. The molecule has 1 N–H and O–H groups in total. The lowest BCUT2D eigenvalue weighted by Gasteiger charge is -2.03. The predicted molar refractivity (Wildman–Crippen MR) is 90.2 cm³/mol. The Balaban J connectivity index is 1.97. The van der Waals surface area contributed by atoms with E-state index in [9.17, 15) is 14.9 Å². The third kappa shape index (κ3) is 4.93. The number of carbonyl (C=O) groups is 1. The molecule has 6 heteroatoms. The van der Waals surface area contributed by atoms with Gasteiger partial charge >= 0.3 is 0 Å². The number of hydrogen-bond acceptors (Lipinski definition) is 3. The molecule has 0 saturated carbocycles. The van der Waals surface area contributed by atoms with Gasteiger partial charge < -0.3 is 5.32 Å². The van der Waals surface area contributed by atoms with E-state index in [0.717, 1.165) is 11.1 Å². The van der Waals surface area contributed by atoms with Crippen LogP contribution in [0.5, 0.6) is 0 Å². The van der Waals surface area contributed by atoms with E-state index in [1.165, 1.54) is 24.3 Å². The molecule has 0 spiro atoms. The molecule has 0 atom stereocenters. The number of rotatable bonds is 5. The van der Waals surface area contributed by atoms with Crippen LogP contribution in [0.25, 0.3) is 6.08 Å². The van der Waals surface area contributed by atoms with E-state index >= 15 is 0 Å². The maximum absolute atomic E-state index is 11.8. The van der Waals surface area contributed by atoms with Crippen LogP contribution in [0.2, 0.25) is 5.02 Å². The Morgan fingerprint density at radius 1 is 1.26 bits per heavy atom. The minimum Gasteiger partial charge on any atom is -0.348 e. The van der Waals surface area contributed by atoms with E-state index in [1.54, 1.807) is 6.07 Å². The average Bonchev–Trinajstić information content (AvgIpc) is 2.53. The molecule has 0 bridgehead atoms. The van der Waals surface area contributed by atoms with Gasteiger partial charge in [0.2, 0.25) is 5.91 Å². The number of amides is 1. The molecular weight excluding hydrogens is 316 g/mol. The fourth-order valence-corrected chi connectivity index (χ4v) is 2.09. The number of nitro benzene ring substituents is 1. The molecule has 0 aromatic heterocycles. The quantitative estimate of drug-likeness (QED) is 0.513. The van der Waals surface area contributed by atoms with Crippen molar-refractivity contribution >= 4 is 29.3 Å². The number of benzene rings is 2. The first-order chi connectivity index (χ1) is 11.0.